The van der Waals surface area contributed by atoms with Gasteiger partial charge in [0.05, 0.1) is 23.7 Å². The Morgan fingerprint density at radius 3 is 2.91 bits per heavy atom. The molecule has 1 saturated heterocycles. The Balaban J connectivity index is 1.35. The predicted molar refractivity (Wildman–Crippen MR) is 83.9 cm³/mol. The van der Waals surface area contributed by atoms with Crippen LogP contribution in [-0.4, -0.2) is 38.5 Å². The van der Waals surface area contributed by atoms with E-state index in [0.717, 1.165) is 16.8 Å². The number of nitrogens with zero attached hydrogens (tertiary/aromatic N) is 4. The van der Waals surface area contributed by atoms with Crippen molar-refractivity contribution >= 4 is 11.6 Å². The van der Waals surface area contributed by atoms with E-state index in [4.69, 9.17) is 4.74 Å². The van der Waals surface area contributed by atoms with Gasteiger partial charge in [0.15, 0.2) is 0 Å². The van der Waals surface area contributed by atoms with Crippen LogP contribution in [-0.2, 0) is 11.3 Å². The summed E-state index contributed by atoms with van der Waals surface area (Å²) in [6.07, 6.45) is 6.91. The first-order valence-corrected chi connectivity index (χ1v) is 7.53. The van der Waals surface area contributed by atoms with Gasteiger partial charge in [-0.2, -0.15) is 0 Å². The highest BCUT2D eigenvalue weighted by atomic mass is 16.6. The molecule has 1 aliphatic rings. The molecule has 3 heterocycles. The van der Waals surface area contributed by atoms with Gasteiger partial charge in [0.25, 0.3) is 0 Å². The molecule has 3 aromatic rings. The quantitative estimate of drug-likeness (QED) is 0.746. The van der Waals surface area contributed by atoms with Crippen molar-refractivity contribution in [1.29, 1.82) is 0 Å². The lowest BCUT2D eigenvalue weighted by Crippen LogP contribution is -2.48. The lowest BCUT2D eigenvalue weighted by molar-refractivity contribution is 0.0660. The Hall–Kier alpha value is -2.89. The summed E-state index contributed by atoms with van der Waals surface area (Å²) < 4.78 is 7.28. The summed E-state index contributed by atoms with van der Waals surface area (Å²) in [4.78, 5) is 22.3. The molecule has 116 valence electrons. The van der Waals surface area contributed by atoms with Crippen LogP contribution in [0.1, 0.15) is 17.2 Å². The first kappa shape index (κ1) is 13.8. The van der Waals surface area contributed by atoms with E-state index in [1.165, 1.54) is 0 Å². The first-order valence-electron chi connectivity index (χ1n) is 7.53. The van der Waals surface area contributed by atoms with Crippen LogP contribution in [0.15, 0.2) is 55.2 Å². The van der Waals surface area contributed by atoms with Gasteiger partial charge in [-0.15, -0.1) is 0 Å². The number of fused-ring (bicyclic) bond motifs is 1. The average molecular weight is 308 g/mol. The van der Waals surface area contributed by atoms with Crippen molar-refractivity contribution < 1.29 is 9.53 Å². The third-order valence-electron chi connectivity index (χ3n) is 4.10. The fourth-order valence-electron chi connectivity index (χ4n) is 2.79. The van der Waals surface area contributed by atoms with Crippen LogP contribution < -0.4 is 0 Å². The Labute approximate surface area is 133 Å². The number of carbonyl (C=O) groups is 1. The number of benzene rings is 1. The number of ether oxygens (including phenoxy) is 1. The second kappa shape index (κ2) is 5.72. The van der Waals surface area contributed by atoms with Crippen molar-refractivity contribution in [3.05, 3.63) is 66.5 Å². The van der Waals surface area contributed by atoms with Crippen LogP contribution in [0.5, 0.6) is 0 Å². The Morgan fingerprint density at radius 1 is 1.26 bits per heavy atom. The summed E-state index contributed by atoms with van der Waals surface area (Å²) in [7, 11) is 0. The maximum Gasteiger partial charge on any atom is 0.410 e. The first-order chi connectivity index (χ1) is 11.3. The number of amides is 1. The highest BCUT2D eigenvalue weighted by Gasteiger charge is 2.35. The van der Waals surface area contributed by atoms with Crippen molar-refractivity contribution in [2.24, 2.45) is 0 Å². The maximum atomic E-state index is 12.0. The zero-order valence-electron chi connectivity index (χ0n) is 12.5. The molecule has 0 radical (unpaired) electrons. The topological polar surface area (TPSA) is 59.7 Å². The van der Waals surface area contributed by atoms with E-state index in [9.17, 15) is 4.79 Å². The van der Waals surface area contributed by atoms with Gasteiger partial charge in [0.2, 0.25) is 0 Å². The van der Waals surface area contributed by atoms with E-state index in [1.54, 1.807) is 23.6 Å². The number of hydrogen-bond donors (Lipinski definition) is 0. The number of hydrogen-bond acceptors (Lipinski definition) is 4. The summed E-state index contributed by atoms with van der Waals surface area (Å²) in [6, 6.07) is 9.68. The predicted octanol–water partition coefficient (Wildman–Crippen LogP) is 2.47. The summed E-state index contributed by atoms with van der Waals surface area (Å²) >= 11 is 0. The van der Waals surface area contributed by atoms with Crippen LogP contribution in [0.25, 0.3) is 5.52 Å². The summed E-state index contributed by atoms with van der Waals surface area (Å²) in [5.74, 6) is 0.244. The van der Waals surface area contributed by atoms with Crippen molar-refractivity contribution in [2.75, 3.05) is 13.1 Å². The van der Waals surface area contributed by atoms with Gasteiger partial charge in [-0.3, -0.25) is 4.98 Å². The fraction of sp³-hybridized carbons (Fsp3) is 0.235. The molecule has 6 heteroatoms. The van der Waals surface area contributed by atoms with E-state index >= 15 is 0 Å². The summed E-state index contributed by atoms with van der Waals surface area (Å²) in [5.41, 5.74) is 2.98. The monoisotopic (exact) mass is 308 g/mol. The molecule has 0 N–H and O–H groups in total. The molecule has 2 aromatic heterocycles. The molecule has 0 bridgehead atoms. The van der Waals surface area contributed by atoms with E-state index in [2.05, 4.69) is 9.97 Å². The van der Waals surface area contributed by atoms with Crippen LogP contribution >= 0.6 is 0 Å². The van der Waals surface area contributed by atoms with Crippen molar-refractivity contribution in [3.8, 4) is 0 Å². The second-order valence-corrected chi connectivity index (χ2v) is 5.64. The molecule has 0 atom stereocenters. The Kier molecular flexibility index (Phi) is 3.42. The largest absolute Gasteiger partial charge is 0.445 e. The fourth-order valence-corrected chi connectivity index (χ4v) is 2.79. The number of carbonyl (C=O) groups excluding carboxylic acids is 1. The van der Waals surface area contributed by atoms with Gasteiger partial charge < -0.3 is 14.0 Å². The van der Waals surface area contributed by atoms with E-state index < -0.39 is 0 Å². The molecule has 0 aliphatic carbocycles. The third kappa shape index (κ3) is 2.63. The minimum Gasteiger partial charge on any atom is -0.445 e. The lowest BCUT2D eigenvalue weighted by atomic mass is 9.96. The minimum atomic E-state index is -0.272. The minimum absolute atomic E-state index is 0.244. The normalized spacial score (nSPS) is 14.7. The van der Waals surface area contributed by atoms with E-state index in [-0.39, 0.29) is 12.0 Å². The highest BCUT2D eigenvalue weighted by Crippen LogP contribution is 2.29. The smallest absolute Gasteiger partial charge is 0.410 e. The Bertz CT molecular complexity index is 825. The SMILES string of the molecule is O=C(OCc1ccccc1)N1CC(c2ncn3ccncc23)C1. The summed E-state index contributed by atoms with van der Waals surface area (Å²) in [6.45, 7) is 1.57. The van der Waals surface area contributed by atoms with Crippen molar-refractivity contribution in [2.45, 2.75) is 12.5 Å². The molecule has 23 heavy (non-hydrogen) atoms. The van der Waals surface area contributed by atoms with Crippen LogP contribution in [0.3, 0.4) is 0 Å². The van der Waals surface area contributed by atoms with Crippen LogP contribution in [0.2, 0.25) is 0 Å². The highest BCUT2D eigenvalue weighted by molar-refractivity contribution is 5.69. The molecule has 0 unspecified atom stereocenters. The molecule has 1 aliphatic heterocycles. The van der Waals surface area contributed by atoms with Crippen molar-refractivity contribution in [3.63, 3.8) is 0 Å². The number of likely N-dealkylation sites (tertiary alicyclic amines) is 1. The molecule has 0 spiro atoms. The molecule has 0 saturated carbocycles. The second-order valence-electron chi connectivity index (χ2n) is 5.64. The van der Waals surface area contributed by atoms with Gasteiger partial charge >= 0.3 is 6.09 Å². The van der Waals surface area contributed by atoms with Gasteiger partial charge in [0.1, 0.15) is 6.61 Å². The molecule has 1 fully saturated rings. The average Bonchev–Trinajstić information content (AvgIpc) is 2.97. The van der Waals surface area contributed by atoms with E-state index in [0.29, 0.717) is 19.7 Å². The zero-order chi connectivity index (χ0) is 15.6. The molecular formula is C17H16N4O2. The molecular weight excluding hydrogens is 292 g/mol. The lowest BCUT2D eigenvalue weighted by Gasteiger charge is -2.37. The van der Waals surface area contributed by atoms with E-state index in [1.807, 2.05) is 40.9 Å². The summed E-state index contributed by atoms with van der Waals surface area (Å²) in [5, 5.41) is 0. The number of rotatable bonds is 3. The number of imidazole rings is 1. The zero-order valence-corrected chi connectivity index (χ0v) is 12.5. The van der Waals surface area contributed by atoms with Crippen LogP contribution in [0.4, 0.5) is 4.79 Å². The molecule has 1 amide bonds. The van der Waals surface area contributed by atoms with Gasteiger partial charge in [-0.1, -0.05) is 30.3 Å². The van der Waals surface area contributed by atoms with Gasteiger partial charge in [-0.25, -0.2) is 9.78 Å². The standard InChI is InChI=1S/C17H16N4O2/c22-17(23-11-13-4-2-1-3-5-13)21-9-14(10-21)16-15-8-18-6-7-20(15)12-19-16/h1-8,12,14H,9-11H2. The Morgan fingerprint density at radius 2 is 2.09 bits per heavy atom. The molecule has 6 nitrogen and oxygen atoms in total. The van der Waals surface area contributed by atoms with Gasteiger partial charge in [-0.05, 0) is 5.56 Å². The number of aromatic nitrogens is 3. The molecule has 1 aromatic carbocycles. The van der Waals surface area contributed by atoms with Gasteiger partial charge in [0, 0.05) is 31.4 Å². The molecule has 4 rings (SSSR count). The third-order valence-corrected chi connectivity index (χ3v) is 4.10. The van der Waals surface area contributed by atoms with Crippen molar-refractivity contribution in [1.82, 2.24) is 19.3 Å². The maximum absolute atomic E-state index is 12.0. The van der Waals surface area contributed by atoms with Crippen LogP contribution in [0, 0.1) is 0 Å².